The van der Waals surface area contributed by atoms with Crippen LogP contribution >= 0.6 is 0 Å². The first-order valence-electron chi connectivity index (χ1n) is 9.21. The molecule has 0 saturated carbocycles. The summed E-state index contributed by atoms with van der Waals surface area (Å²) in [7, 11) is 0.705. The Labute approximate surface area is 179 Å². The quantitative estimate of drug-likeness (QED) is 0.290. The fraction of sp³-hybridized carbons (Fsp3) is 0.684. The lowest BCUT2D eigenvalue weighted by atomic mass is 9.86. The molecule has 1 rings (SSSR count). The molecule has 14 heteroatoms. The lowest BCUT2D eigenvalue weighted by Crippen LogP contribution is -2.70. The second-order valence-electron chi connectivity index (χ2n) is 7.37. The zero-order valence-electron chi connectivity index (χ0n) is 17.2. The minimum absolute atomic E-state index is 0.208. The highest BCUT2D eigenvalue weighted by molar-refractivity contribution is 5.32. The molecule has 1 aromatic carbocycles. The summed E-state index contributed by atoms with van der Waals surface area (Å²) in [5.74, 6) is -37.4. The Morgan fingerprint density at radius 2 is 1.12 bits per heavy atom. The Balaban J connectivity index is 3.49. The van der Waals surface area contributed by atoms with E-state index in [1.165, 1.54) is 18.2 Å². The van der Waals surface area contributed by atoms with Crippen LogP contribution in [0.3, 0.4) is 0 Å². The lowest BCUT2D eigenvalue weighted by Gasteiger charge is -2.40. The van der Waals surface area contributed by atoms with Gasteiger partial charge in [-0.05, 0) is 23.5 Å². The predicted molar refractivity (Wildman–Crippen MR) is 90.3 cm³/mol. The number of rotatable bonds is 10. The minimum atomic E-state index is -7.91. The Morgan fingerprint density at radius 1 is 0.697 bits per heavy atom. The first kappa shape index (κ1) is 29.3. The molecule has 0 fully saturated rings. The third kappa shape index (κ3) is 4.76. The molecule has 0 heterocycles. The van der Waals surface area contributed by atoms with E-state index in [0.717, 1.165) is 6.07 Å². The second-order valence-corrected chi connectivity index (χ2v) is 7.37. The van der Waals surface area contributed by atoms with Gasteiger partial charge in [0.05, 0.1) is 6.10 Å². The fourth-order valence-electron chi connectivity index (χ4n) is 2.96. The van der Waals surface area contributed by atoms with E-state index in [4.69, 9.17) is 0 Å². The summed E-state index contributed by atoms with van der Waals surface area (Å²) in [4.78, 5) is 0. The summed E-state index contributed by atoms with van der Waals surface area (Å²) >= 11 is 0. The molecule has 2 unspecified atom stereocenters. The van der Waals surface area contributed by atoms with Gasteiger partial charge in [0.25, 0.3) is 0 Å². The van der Waals surface area contributed by atoms with E-state index in [9.17, 15) is 57.1 Å². The molecule has 1 nitrogen and oxygen atoms in total. The second kappa shape index (κ2) is 9.14. The zero-order chi connectivity index (χ0) is 26.3. The van der Waals surface area contributed by atoms with Gasteiger partial charge >= 0.3 is 35.8 Å². The van der Waals surface area contributed by atoms with Crippen LogP contribution < -0.4 is 0 Å². The largest absolute Gasteiger partial charge is 0.460 e. The smallest absolute Gasteiger partial charge is 0.377 e. The molecule has 0 radical (unpaired) electrons. The van der Waals surface area contributed by atoms with Crippen LogP contribution in [0.25, 0.3) is 0 Å². The van der Waals surface area contributed by atoms with Gasteiger partial charge in [0.2, 0.25) is 0 Å². The van der Waals surface area contributed by atoms with Gasteiger partial charge in [-0.25, -0.2) is 0 Å². The van der Waals surface area contributed by atoms with Gasteiger partial charge < -0.3 is 4.74 Å². The van der Waals surface area contributed by atoms with Crippen molar-refractivity contribution < 1.29 is 61.8 Å². The Hall–Kier alpha value is -1.73. The summed E-state index contributed by atoms with van der Waals surface area (Å²) in [6.07, 6.45) is -11.6. The zero-order valence-corrected chi connectivity index (χ0v) is 17.2. The fourth-order valence-corrected chi connectivity index (χ4v) is 2.96. The molecule has 1 aromatic rings. The topological polar surface area (TPSA) is 9.23 Å². The molecule has 0 spiro atoms. The lowest BCUT2D eigenvalue weighted by molar-refractivity contribution is -0.440. The highest BCUT2D eigenvalue weighted by Gasteiger charge is 2.90. The highest BCUT2D eigenvalue weighted by Crippen LogP contribution is 2.61. The van der Waals surface area contributed by atoms with E-state index in [1.807, 2.05) is 0 Å². The van der Waals surface area contributed by atoms with E-state index in [2.05, 4.69) is 4.74 Å². The first-order chi connectivity index (χ1) is 14.6. The number of hydrogen-bond acceptors (Lipinski definition) is 1. The summed E-state index contributed by atoms with van der Waals surface area (Å²) in [6.45, 7) is 3.25. The van der Waals surface area contributed by atoms with Crippen LogP contribution in [-0.2, 0) is 4.74 Å². The van der Waals surface area contributed by atoms with Crippen LogP contribution in [0.4, 0.5) is 57.1 Å². The van der Waals surface area contributed by atoms with Crippen molar-refractivity contribution in [3.63, 3.8) is 0 Å². The van der Waals surface area contributed by atoms with Crippen molar-refractivity contribution in [2.75, 3.05) is 7.11 Å². The monoisotopic (exact) mass is 510 g/mol. The van der Waals surface area contributed by atoms with Gasteiger partial charge in [0.15, 0.2) is 0 Å². The number of ether oxygens (including phenoxy) is 1. The van der Waals surface area contributed by atoms with Crippen molar-refractivity contribution >= 4 is 0 Å². The van der Waals surface area contributed by atoms with Crippen molar-refractivity contribution in [1.82, 2.24) is 0 Å². The molecule has 0 amide bonds. The van der Waals surface area contributed by atoms with Gasteiger partial charge in [-0.2, -0.15) is 57.1 Å². The SMILES string of the molecule is CCC(C)c1ccccc1C(CC(F)(F)C(F)(F)C(F)(F)C(F)(F)C(F)(F)C(F)(F)F)OC. The molecule has 0 aliphatic carbocycles. The van der Waals surface area contributed by atoms with Crippen molar-refractivity contribution in [2.45, 2.75) is 74.5 Å². The number of methoxy groups -OCH3 is 1. The number of hydrogen-bond donors (Lipinski definition) is 0. The molecule has 0 N–H and O–H groups in total. The van der Waals surface area contributed by atoms with Crippen LogP contribution in [0.5, 0.6) is 0 Å². The van der Waals surface area contributed by atoms with E-state index >= 15 is 0 Å². The van der Waals surface area contributed by atoms with Crippen molar-refractivity contribution in [2.24, 2.45) is 0 Å². The maximum Gasteiger partial charge on any atom is 0.460 e. The Morgan fingerprint density at radius 3 is 1.52 bits per heavy atom. The summed E-state index contributed by atoms with van der Waals surface area (Å²) < 4.78 is 178. The van der Waals surface area contributed by atoms with Crippen LogP contribution in [0, 0.1) is 0 Å². The molecule has 0 bridgehead atoms. The van der Waals surface area contributed by atoms with Gasteiger partial charge in [-0.3, -0.25) is 0 Å². The van der Waals surface area contributed by atoms with Crippen molar-refractivity contribution in [1.29, 1.82) is 0 Å². The average molecular weight is 510 g/mol. The van der Waals surface area contributed by atoms with Gasteiger partial charge in [-0.1, -0.05) is 38.1 Å². The molecule has 0 saturated heterocycles. The molecule has 0 aliphatic rings. The molecular formula is C19H19F13O. The normalized spacial score (nSPS) is 16.6. The Bertz CT molecular complexity index is 801. The molecule has 33 heavy (non-hydrogen) atoms. The Kier molecular flexibility index (Phi) is 8.11. The van der Waals surface area contributed by atoms with E-state index in [-0.39, 0.29) is 17.0 Å². The maximum absolute atomic E-state index is 14.3. The standard InChI is InChI=1S/C19H19F13O/c1-4-10(2)11-7-5-6-8-12(11)13(33-3)9-14(20,21)15(22,23)16(24,25)17(26,27)18(28,29)19(30,31)32/h5-8,10,13H,4,9H2,1-3H3. The summed E-state index contributed by atoms with van der Waals surface area (Å²) in [6, 6.07) is 5.15. The molecule has 0 aromatic heterocycles. The van der Waals surface area contributed by atoms with Crippen molar-refractivity contribution in [3.8, 4) is 0 Å². The predicted octanol–water partition coefficient (Wildman–Crippen LogP) is 8.02. The van der Waals surface area contributed by atoms with E-state index in [1.54, 1.807) is 13.8 Å². The third-order valence-corrected chi connectivity index (χ3v) is 5.21. The van der Waals surface area contributed by atoms with Crippen LogP contribution in [0.1, 0.15) is 49.8 Å². The number of alkyl halides is 13. The number of halogens is 13. The van der Waals surface area contributed by atoms with E-state index in [0.29, 0.717) is 13.5 Å². The molecular weight excluding hydrogens is 491 g/mol. The minimum Gasteiger partial charge on any atom is -0.377 e. The van der Waals surface area contributed by atoms with Crippen molar-refractivity contribution in [3.05, 3.63) is 35.4 Å². The van der Waals surface area contributed by atoms with Crippen LogP contribution in [0.15, 0.2) is 24.3 Å². The summed E-state index contributed by atoms with van der Waals surface area (Å²) in [5.41, 5.74) is 0.0483. The summed E-state index contributed by atoms with van der Waals surface area (Å²) in [5, 5.41) is 0. The molecule has 2 atom stereocenters. The van der Waals surface area contributed by atoms with Gasteiger partial charge in [0.1, 0.15) is 0 Å². The molecule has 0 aliphatic heterocycles. The van der Waals surface area contributed by atoms with Gasteiger partial charge in [0, 0.05) is 13.5 Å². The number of benzene rings is 1. The molecule has 192 valence electrons. The average Bonchev–Trinajstić information content (AvgIpc) is 2.69. The van der Waals surface area contributed by atoms with Crippen LogP contribution in [0.2, 0.25) is 0 Å². The van der Waals surface area contributed by atoms with Gasteiger partial charge in [-0.15, -0.1) is 0 Å². The highest BCUT2D eigenvalue weighted by atomic mass is 19.4. The third-order valence-electron chi connectivity index (χ3n) is 5.21. The van der Waals surface area contributed by atoms with Crippen LogP contribution in [-0.4, -0.2) is 42.9 Å². The van der Waals surface area contributed by atoms with E-state index < -0.39 is 48.3 Å². The maximum atomic E-state index is 14.3. The first-order valence-corrected chi connectivity index (χ1v) is 9.21.